The Morgan fingerprint density at radius 3 is 1.39 bits per heavy atom. The number of likely N-dealkylation sites (N-methyl/N-ethyl adjacent to an activating group) is 1. The Morgan fingerprint density at radius 2 is 0.899 bits per heavy atom. The number of carbonyl (C=O) groups excluding carboxylic acids is 2. The van der Waals surface area contributed by atoms with Crippen LogP contribution in [0, 0.1) is 0 Å². The molecule has 0 radical (unpaired) electrons. The zero-order valence-corrected chi connectivity index (χ0v) is 47.0. The number of amides is 1. The third-order valence-electron chi connectivity index (χ3n) is 12.7. The fraction of sp³-hybridized carbons (Fsp3) is 0.831. The van der Waals surface area contributed by atoms with Gasteiger partial charge in [0.05, 0.1) is 33.8 Å². The van der Waals surface area contributed by atoms with Gasteiger partial charge in [0.1, 0.15) is 19.3 Å². The van der Waals surface area contributed by atoms with Crippen molar-refractivity contribution < 1.29 is 37.3 Å². The van der Waals surface area contributed by atoms with Crippen molar-refractivity contribution in [3.63, 3.8) is 0 Å². The molecule has 0 aliphatic rings. The minimum atomic E-state index is -4.44. The number of rotatable bonds is 52. The number of hydrogen-bond donors (Lipinski definition) is 2. The summed E-state index contributed by atoms with van der Waals surface area (Å²) in [7, 11) is 1.49. The summed E-state index contributed by atoms with van der Waals surface area (Å²) < 4.78 is 30.6. The topological polar surface area (TPSA) is 111 Å². The first-order valence-corrected chi connectivity index (χ1v) is 30.5. The molecule has 0 saturated carbocycles. The number of nitrogens with zero attached hydrogens (tertiary/aromatic N) is 1. The second-order valence-electron chi connectivity index (χ2n) is 20.8. The van der Waals surface area contributed by atoms with Crippen LogP contribution >= 0.6 is 7.82 Å². The van der Waals surface area contributed by atoms with Gasteiger partial charge in [0, 0.05) is 12.8 Å². The van der Waals surface area contributed by atoms with Crippen molar-refractivity contribution in [2.24, 2.45) is 0 Å². The highest BCUT2D eigenvalue weighted by atomic mass is 31.2. The van der Waals surface area contributed by atoms with E-state index in [1.807, 2.05) is 33.3 Å². The molecule has 3 unspecified atom stereocenters. The van der Waals surface area contributed by atoms with Crippen LogP contribution in [0.1, 0.15) is 265 Å². The minimum absolute atomic E-state index is 0.0386. The smallest absolute Gasteiger partial charge is 0.456 e. The van der Waals surface area contributed by atoms with Gasteiger partial charge in [0.15, 0.2) is 0 Å². The predicted molar refractivity (Wildman–Crippen MR) is 295 cm³/mol. The number of allylic oxidation sites excluding steroid dienone is 7. The van der Waals surface area contributed by atoms with E-state index in [9.17, 15) is 19.0 Å². The van der Waals surface area contributed by atoms with Gasteiger partial charge >= 0.3 is 13.8 Å². The first kappa shape index (κ1) is 67.0. The number of hydrogen-bond acceptors (Lipinski definition) is 6. The van der Waals surface area contributed by atoms with E-state index in [1.54, 1.807) is 0 Å². The summed E-state index contributed by atoms with van der Waals surface area (Å²) in [6.45, 7) is 6.94. The maximum atomic E-state index is 13.5. The van der Waals surface area contributed by atoms with Crippen LogP contribution in [-0.4, -0.2) is 74.3 Å². The van der Waals surface area contributed by atoms with Crippen molar-refractivity contribution in [2.75, 3.05) is 40.9 Å². The van der Waals surface area contributed by atoms with E-state index < -0.39 is 20.0 Å². The van der Waals surface area contributed by atoms with E-state index in [0.717, 1.165) is 89.9 Å². The Kier molecular flexibility index (Phi) is 48.1. The lowest BCUT2D eigenvalue weighted by Gasteiger charge is -2.27. The third-order valence-corrected chi connectivity index (χ3v) is 13.7. The summed E-state index contributed by atoms with van der Waals surface area (Å²) in [5, 5.41) is 3.04. The number of quaternary nitrogens is 1. The molecule has 10 heteroatoms. The van der Waals surface area contributed by atoms with Crippen molar-refractivity contribution in [3.05, 3.63) is 48.6 Å². The molecule has 0 fully saturated rings. The molecule has 0 aromatic carbocycles. The molecule has 9 nitrogen and oxygen atoms in total. The number of ether oxygens (including phenoxy) is 1. The largest absolute Gasteiger partial charge is 0.472 e. The standard InChI is InChI=1S/C59H111N2O7P/c1-7-10-13-16-19-22-25-26-27-28-29-30-31-32-33-34-37-39-42-45-48-51-58(62)60-56(55-67-69(64,65)66-54-53-61(4,5)6)57(50-47-44-41-38-35-23-20-17-14-11-8-2)68-59(63)52-49-46-43-40-36-24-21-18-15-12-9-3/h18-19,21-22,26-27,47,50,56-57H,7-17,20,23-25,28-46,48-49,51-55H2,1-6H3,(H-,60,62,64,65)/p+1/b21-18-,22-19-,27-26-,50-47-. The van der Waals surface area contributed by atoms with Crippen molar-refractivity contribution in [1.29, 1.82) is 0 Å². The number of phosphoric acid groups is 1. The molecule has 3 atom stereocenters. The van der Waals surface area contributed by atoms with Gasteiger partial charge in [-0.05, 0) is 83.1 Å². The first-order valence-electron chi connectivity index (χ1n) is 29.0. The second-order valence-corrected chi connectivity index (χ2v) is 22.3. The average molecular weight is 993 g/mol. The quantitative estimate of drug-likeness (QED) is 0.0205. The van der Waals surface area contributed by atoms with Crippen molar-refractivity contribution in [1.82, 2.24) is 5.32 Å². The summed E-state index contributed by atoms with van der Waals surface area (Å²) in [6.07, 6.45) is 59.6. The average Bonchev–Trinajstić information content (AvgIpc) is 3.31. The Balaban J connectivity index is 5.19. The lowest BCUT2D eigenvalue weighted by atomic mass is 10.0. The fourth-order valence-corrected chi connectivity index (χ4v) is 8.92. The molecule has 0 aliphatic carbocycles. The van der Waals surface area contributed by atoms with E-state index in [2.05, 4.69) is 62.5 Å². The highest BCUT2D eigenvalue weighted by Crippen LogP contribution is 2.43. The molecule has 0 aromatic rings. The maximum absolute atomic E-state index is 13.5. The molecule has 0 saturated heterocycles. The van der Waals surface area contributed by atoms with E-state index in [-0.39, 0.29) is 31.5 Å². The van der Waals surface area contributed by atoms with E-state index in [1.165, 1.54) is 141 Å². The Hall–Kier alpha value is -2.03. The molecule has 1 amide bonds. The second kappa shape index (κ2) is 49.5. The fourth-order valence-electron chi connectivity index (χ4n) is 8.19. The monoisotopic (exact) mass is 992 g/mol. The zero-order valence-electron chi connectivity index (χ0n) is 46.1. The summed E-state index contributed by atoms with van der Waals surface area (Å²) in [4.78, 5) is 37.5. The zero-order chi connectivity index (χ0) is 50.8. The van der Waals surface area contributed by atoms with Crippen molar-refractivity contribution in [3.8, 4) is 0 Å². The normalized spacial score (nSPS) is 14.1. The Labute approximate surface area is 427 Å². The van der Waals surface area contributed by atoms with Crippen LogP contribution in [0.5, 0.6) is 0 Å². The van der Waals surface area contributed by atoms with Crippen LogP contribution in [0.15, 0.2) is 48.6 Å². The molecule has 2 N–H and O–H groups in total. The molecular weight excluding hydrogens is 880 g/mol. The van der Waals surface area contributed by atoms with Crippen LogP contribution in [0.3, 0.4) is 0 Å². The maximum Gasteiger partial charge on any atom is 0.472 e. The highest BCUT2D eigenvalue weighted by Gasteiger charge is 2.30. The summed E-state index contributed by atoms with van der Waals surface area (Å²) in [5.41, 5.74) is 0. The Bertz CT molecular complexity index is 1330. The number of unbranched alkanes of at least 4 members (excludes halogenated alkanes) is 30. The molecule has 0 heterocycles. The lowest BCUT2D eigenvalue weighted by molar-refractivity contribution is -0.870. The molecule has 0 rings (SSSR count). The van der Waals surface area contributed by atoms with Crippen LogP contribution in [0.25, 0.3) is 0 Å². The predicted octanol–water partition coefficient (Wildman–Crippen LogP) is 17.3. The molecule has 0 spiro atoms. The van der Waals surface area contributed by atoms with Gasteiger partial charge in [-0.1, -0.05) is 217 Å². The summed E-state index contributed by atoms with van der Waals surface area (Å²) >= 11 is 0. The molecule has 0 bridgehead atoms. The molecule has 404 valence electrons. The molecule has 0 aromatic heterocycles. The summed E-state index contributed by atoms with van der Waals surface area (Å²) in [5.74, 6) is -0.516. The van der Waals surface area contributed by atoms with E-state index in [4.69, 9.17) is 13.8 Å². The minimum Gasteiger partial charge on any atom is -0.456 e. The SMILES string of the molecule is CCCC/C=C\CCCCCCCC(=O)OC(/C=C\CCCCCCCCCCC)C(COP(=O)(O)OCC[N+](C)(C)C)NC(=O)CCCCCCCCCCCCC/C=C\C/C=C\CCCCC. The van der Waals surface area contributed by atoms with Crippen LogP contribution in [0.2, 0.25) is 0 Å². The van der Waals surface area contributed by atoms with Gasteiger partial charge in [-0.15, -0.1) is 0 Å². The van der Waals surface area contributed by atoms with Crippen LogP contribution < -0.4 is 5.32 Å². The molecule has 0 aliphatic heterocycles. The number of carbonyl (C=O) groups is 2. The van der Waals surface area contributed by atoms with E-state index in [0.29, 0.717) is 17.4 Å². The third kappa shape index (κ3) is 50.7. The van der Waals surface area contributed by atoms with Gasteiger partial charge in [0.25, 0.3) is 0 Å². The van der Waals surface area contributed by atoms with Gasteiger partial charge in [-0.25, -0.2) is 4.57 Å². The van der Waals surface area contributed by atoms with Crippen molar-refractivity contribution in [2.45, 2.75) is 277 Å². The van der Waals surface area contributed by atoms with Gasteiger partial charge < -0.3 is 19.4 Å². The number of esters is 1. The van der Waals surface area contributed by atoms with Crippen LogP contribution in [0.4, 0.5) is 0 Å². The highest BCUT2D eigenvalue weighted by molar-refractivity contribution is 7.47. The number of nitrogens with one attached hydrogen (secondary N) is 1. The first-order chi connectivity index (χ1) is 33.4. The molecular formula is C59H112N2O7P+. The van der Waals surface area contributed by atoms with Gasteiger partial charge in [0.2, 0.25) is 5.91 Å². The van der Waals surface area contributed by atoms with Gasteiger partial charge in [-0.2, -0.15) is 0 Å². The summed E-state index contributed by atoms with van der Waals surface area (Å²) in [6, 6.07) is -0.850. The van der Waals surface area contributed by atoms with E-state index >= 15 is 0 Å². The number of phosphoric ester groups is 1. The van der Waals surface area contributed by atoms with Crippen molar-refractivity contribution >= 4 is 19.7 Å². The van der Waals surface area contributed by atoms with Gasteiger partial charge in [-0.3, -0.25) is 18.6 Å². The lowest BCUT2D eigenvalue weighted by Crippen LogP contribution is -2.47. The molecule has 69 heavy (non-hydrogen) atoms. The Morgan fingerprint density at radius 1 is 0.507 bits per heavy atom. The van der Waals surface area contributed by atoms with Crippen LogP contribution in [-0.2, 0) is 27.9 Å².